The molecule has 1 fully saturated rings. The first kappa shape index (κ1) is 31.5. The van der Waals surface area contributed by atoms with E-state index in [2.05, 4.69) is 157 Å². The molecule has 0 spiro atoms. The van der Waals surface area contributed by atoms with Crippen LogP contribution in [0.4, 0.5) is 0 Å². The molecule has 0 amide bonds. The van der Waals surface area contributed by atoms with Crippen LogP contribution in [0.2, 0.25) is 0 Å². The van der Waals surface area contributed by atoms with Crippen LogP contribution in [0.15, 0.2) is 115 Å². The molecule has 0 aliphatic carbocycles. The van der Waals surface area contributed by atoms with Crippen LogP contribution < -0.4 is 5.30 Å². The van der Waals surface area contributed by atoms with E-state index < -0.39 is 7.92 Å². The molecule has 4 unspecified atom stereocenters. The molecule has 1 N–H and O–H groups in total. The molecule has 45 heavy (non-hydrogen) atoms. The topological polar surface area (TPSA) is 20.2 Å². The van der Waals surface area contributed by atoms with Crippen LogP contribution in [0, 0.1) is 27.7 Å². The van der Waals surface area contributed by atoms with Crippen molar-refractivity contribution < 1.29 is 5.11 Å². The molecule has 6 rings (SSSR count). The SMILES string of the molecule is Cc1cccc(C)c1C(c1ccccc1)c1cccc(C(c2ccccc2)c2c(C)cccc2C)c1P1C(C)CC(O)CC1C. The highest BCUT2D eigenvalue weighted by Gasteiger charge is 2.39. The number of benzene rings is 5. The third kappa shape index (κ3) is 6.18. The molecule has 1 aliphatic heterocycles. The summed E-state index contributed by atoms with van der Waals surface area (Å²) < 4.78 is 0. The second kappa shape index (κ2) is 13.5. The van der Waals surface area contributed by atoms with Crippen molar-refractivity contribution in [3.05, 3.63) is 171 Å². The average molecular weight is 611 g/mol. The van der Waals surface area contributed by atoms with E-state index in [1.807, 2.05) is 0 Å². The van der Waals surface area contributed by atoms with E-state index in [9.17, 15) is 5.11 Å². The molecule has 1 aliphatic rings. The summed E-state index contributed by atoms with van der Waals surface area (Å²) in [5.74, 6) is 0.232. The van der Waals surface area contributed by atoms with Crippen LogP contribution in [-0.4, -0.2) is 22.5 Å². The van der Waals surface area contributed by atoms with Gasteiger partial charge in [0.25, 0.3) is 0 Å². The predicted octanol–water partition coefficient (Wildman–Crippen LogP) is 10.3. The molecule has 230 valence electrons. The number of hydrogen-bond donors (Lipinski definition) is 1. The minimum atomic E-state index is -0.582. The van der Waals surface area contributed by atoms with E-state index in [1.54, 1.807) is 5.30 Å². The van der Waals surface area contributed by atoms with Crippen LogP contribution in [0.1, 0.15) is 94.2 Å². The molecular weight excluding hydrogens is 563 g/mol. The minimum absolute atomic E-state index is 0.116. The van der Waals surface area contributed by atoms with E-state index in [-0.39, 0.29) is 17.9 Å². The Labute approximate surface area is 272 Å². The highest BCUT2D eigenvalue weighted by atomic mass is 31.1. The minimum Gasteiger partial charge on any atom is -0.393 e. The summed E-state index contributed by atoms with van der Waals surface area (Å²) in [6.07, 6.45) is 1.50. The fraction of sp³-hybridized carbons (Fsp3) is 0.302. The van der Waals surface area contributed by atoms with Crippen molar-refractivity contribution in [3.8, 4) is 0 Å². The number of aryl methyl sites for hydroxylation is 4. The van der Waals surface area contributed by atoms with Crippen LogP contribution in [0.5, 0.6) is 0 Å². The summed E-state index contributed by atoms with van der Waals surface area (Å²) in [4.78, 5) is 0. The average Bonchev–Trinajstić information content (AvgIpc) is 3.02. The van der Waals surface area contributed by atoms with Gasteiger partial charge in [-0.3, -0.25) is 0 Å². The van der Waals surface area contributed by atoms with Crippen LogP contribution in [-0.2, 0) is 0 Å². The molecule has 5 aromatic rings. The Balaban J connectivity index is 1.73. The zero-order valence-electron chi connectivity index (χ0n) is 27.7. The van der Waals surface area contributed by atoms with E-state index in [0.29, 0.717) is 11.3 Å². The van der Waals surface area contributed by atoms with Crippen molar-refractivity contribution >= 4 is 13.2 Å². The monoisotopic (exact) mass is 610 g/mol. The molecule has 0 radical (unpaired) electrons. The Morgan fingerprint density at radius 1 is 0.511 bits per heavy atom. The fourth-order valence-corrected chi connectivity index (χ4v) is 11.9. The lowest BCUT2D eigenvalue weighted by Gasteiger charge is -2.42. The largest absolute Gasteiger partial charge is 0.393 e. The molecule has 5 aromatic carbocycles. The fourth-order valence-electron chi connectivity index (χ4n) is 8.19. The summed E-state index contributed by atoms with van der Waals surface area (Å²) in [7, 11) is -0.582. The Hall–Kier alpha value is -3.51. The van der Waals surface area contributed by atoms with Crippen LogP contribution in [0.3, 0.4) is 0 Å². The third-order valence-electron chi connectivity index (χ3n) is 10.1. The van der Waals surface area contributed by atoms with E-state index in [1.165, 1.54) is 55.6 Å². The lowest BCUT2D eigenvalue weighted by Crippen LogP contribution is -2.35. The van der Waals surface area contributed by atoms with Crippen LogP contribution >= 0.6 is 7.92 Å². The highest BCUT2D eigenvalue weighted by molar-refractivity contribution is 7.67. The zero-order chi connectivity index (χ0) is 31.7. The summed E-state index contributed by atoms with van der Waals surface area (Å²) >= 11 is 0. The van der Waals surface area contributed by atoms with Gasteiger partial charge in [0.1, 0.15) is 0 Å². The van der Waals surface area contributed by atoms with Crippen LogP contribution in [0.25, 0.3) is 0 Å². The molecule has 0 aromatic heterocycles. The molecule has 1 saturated heterocycles. The van der Waals surface area contributed by atoms with E-state index in [4.69, 9.17) is 0 Å². The van der Waals surface area contributed by atoms with Gasteiger partial charge >= 0.3 is 0 Å². The van der Waals surface area contributed by atoms with Gasteiger partial charge in [-0.05, 0) is 113 Å². The molecule has 1 heterocycles. The second-order valence-electron chi connectivity index (χ2n) is 13.3. The summed E-state index contributed by atoms with van der Waals surface area (Å²) in [5, 5.41) is 12.5. The summed E-state index contributed by atoms with van der Waals surface area (Å²) in [5.41, 5.74) is 14.6. The second-order valence-corrected chi connectivity index (χ2v) is 16.3. The maximum Gasteiger partial charge on any atom is 0.0552 e. The quantitative estimate of drug-likeness (QED) is 0.144. The zero-order valence-corrected chi connectivity index (χ0v) is 28.6. The van der Waals surface area contributed by atoms with Crippen molar-refractivity contribution in [3.63, 3.8) is 0 Å². The smallest absolute Gasteiger partial charge is 0.0552 e. The summed E-state index contributed by atoms with van der Waals surface area (Å²) in [6.45, 7) is 13.9. The maximum atomic E-state index is 10.9. The third-order valence-corrected chi connectivity index (χ3v) is 13.4. The van der Waals surface area contributed by atoms with E-state index >= 15 is 0 Å². The Kier molecular flexibility index (Phi) is 9.41. The predicted molar refractivity (Wildman–Crippen MR) is 194 cm³/mol. The number of aliphatic hydroxyl groups excluding tert-OH is 1. The van der Waals surface area contributed by atoms with Crippen molar-refractivity contribution in [2.75, 3.05) is 0 Å². The molecule has 2 heteroatoms. The van der Waals surface area contributed by atoms with Crippen molar-refractivity contribution in [1.82, 2.24) is 0 Å². The van der Waals surface area contributed by atoms with Gasteiger partial charge < -0.3 is 5.11 Å². The molecule has 4 atom stereocenters. The first-order valence-electron chi connectivity index (χ1n) is 16.6. The normalized spacial score (nSPS) is 21.3. The number of aliphatic hydroxyl groups is 1. The highest BCUT2D eigenvalue weighted by Crippen LogP contribution is 2.56. The van der Waals surface area contributed by atoms with Gasteiger partial charge in [0.05, 0.1) is 6.10 Å². The van der Waals surface area contributed by atoms with Gasteiger partial charge in [0.15, 0.2) is 0 Å². The van der Waals surface area contributed by atoms with Gasteiger partial charge in [0, 0.05) is 11.8 Å². The van der Waals surface area contributed by atoms with E-state index in [0.717, 1.165) is 12.8 Å². The lowest BCUT2D eigenvalue weighted by atomic mass is 9.77. The first-order valence-corrected chi connectivity index (χ1v) is 18.1. The van der Waals surface area contributed by atoms with Crippen molar-refractivity contribution in [2.45, 2.75) is 83.6 Å². The number of hydrogen-bond acceptors (Lipinski definition) is 1. The Morgan fingerprint density at radius 3 is 1.24 bits per heavy atom. The number of rotatable bonds is 7. The van der Waals surface area contributed by atoms with Gasteiger partial charge in [0.2, 0.25) is 0 Å². The molecule has 0 bridgehead atoms. The van der Waals surface area contributed by atoms with Crippen molar-refractivity contribution in [1.29, 1.82) is 0 Å². The van der Waals surface area contributed by atoms with Gasteiger partial charge in [-0.2, -0.15) is 0 Å². The van der Waals surface area contributed by atoms with Gasteiger partial charge in [-0.25, -0.2) is 0 Å². The first-order chi connectivity index (χ1) is 21.8. The van der Waals surface area contributed by atoms with Gasteiger partial charge in [-0.15, -0.1) is 0 Å². The Morgan fingerprint density at radius 2 is 0.867 bits per heavy atom. The lowest BCUT2D eigenvalue weighted by molar-refractivity contribution is 0.149. The van der Waals surface area contributed by atoms with Gasteiger partial charge in [-0.1, -0.05) is 137 Å². The molecular formula is C43H47OP. The Bertz CT molecular complexity index is 1590. The summed E-state index contributed by atoms with van der Waals surface area (Å²) in [6, 6.07) is 43.0. The molecule has 1 nitrogen and oxygen atoms in total. The molecule has 0 saturated carbocycles. The van der Waals surface area contributed by atoms with Crippen molar-refractivity contribution in [2.24, 2.45) is 0 Å². The standard InChI is InChI=1S/C43H47OP/c1-28-16-13-17-29(2)39(28)41(34-20-9-7-10-21-34)37-24-15-25-38(43(37)45-32(5)26-36(44)27-33(45)6)42(35-22-11-8-12-23-35)40-30(3)18-14-19-31(40)4/h7-25,32-33,36,41-42,44H,26-27H2,1-6H3. The maximum absolute atomic E-state index is 10.9.